The summed E-state index contributed by atoms with van der Waals surface area (Å²) in [5.74, 6) is 0.963. The Balaban J connectivity index is 2.32. The summed E-state index contributed by atoms with van der Waals surface area (Å²) in [7, 11) is 1.73. The molecule has 1 aromatic heterocycles. The van der Waals surface area contributed by atoms with Gasteiger partial charge in [0.1, 0.15) is 0 Å². The molecule has 1 amide bonds. The summed E-state index contributed by atoms with van der Waals surface area (Å²) in [6, 6.07) is 1.73. The Morgan fingerprint density at radius 2 is 2.15 bits per heavy atom. The van der Waals surface area contributed by atoms with Gasteiger partial charge in [0.05, 0.1) is 0 Å². The molecule has 0 aliphatic carbocycles. The van der Waals surface area contributed by atoms with E-state index in [4.69, 9.17) is 0 Å². The summed E-state index contributed by atoms with van der Waals surface area (Å²) < 4.78 is 1.56. The van der Waals surface area contributed by atoms with Crippen LogP contribution in [0.15, 0.2) is 16.0 Å². The third-order valence-corrected chi connectivity index (χ3v) is 3.82. The minimum atomic E-state index is -0.0312. The lowest BCUT2D eigenvalue weighted by Crippen LogP contribution is -2.29. The van der Waals surface area contributed by atoms with E-state index in [1.165, 1.54) is 6.07 Å². The van der Waals surface area contributed by atoms with Crippen LogP contribution in [0.25, 0.3) is 0 Å². The fraction of sp³-hybridized carbons (Fsp3) is 0.643. The Labute approximate surface area is 124 Å². The summed E-state index contributed by atoms with van der Waals surface area (Å²) in [4.78, 5) is 27.4. The smallest absolute Gasteiger partial charge is 0.254 e. The molecule has 0 aliphatic rings. The van der Waals surface area contributed by atoms with Crippen molar-refractivity contribution in [1.29, 1.82) is 0 Å². The first-order valence-corrected chi connectivity index (χ1v) is 7.85. The molecule has 0 unspecified atom stereocenters. The summed E-state index contributed by atoms with van der Waals surface area (Å²) >= 11 is 1.56. The van der Waals surface area contributed by atoms with E-state index in [2.05, 4.69) is 10.3 Å². The second-order valence-corrected chi connectivity index (χ2v) is 6.17. The summed E-state index contributed by atoms with van der Waals surface area (Å²) in [5, 5.41) is 3.61. The molecule has 6 heteroatoms. The fourth-order valence-electron chi connectivity index (χ4n) is 1.70. The molecule has 0 aromatic carbocycles. The van der Waals surface area contributed by atoms with E-state index >= 15 is 0 Å². The lowest BCUT2D eigenvalue weighted by atomic mass is 10.2. The Bertz CT molecular complexity index is 512. The molecule has 0 spiro atoms. The standard InChI is InChI=1S/C14H23N3O2S/c1-10(2)15-12(18)7-5-6-8-20-14-16-11(3)9-13(19)17(14)4/h9-10H,5-8H2,1-4H3,(H,15,18). The van der Waals surface area contributed by atoms with E-state index < -0.39 is 0 Å². The van der Waals surface area contributed by atoms with Gasteiger partial charge in [-0.15, -0.1) is 0 Å². The van der Waals surface area contributed by atoms with Gasteiger partial charge in [-0.2, -0.15) is 0 Å². The Hall–Kier alpha value is -1.30. The predicted octanol–water partition coefficient (Wildman–Crippen LogP) is 1.88. The zero-order valence-electron chi connectivity index (χ0n) is 12.6. The predicted molar refractivity (Wildman–Crippen MR) is 82.1 cm³/mol. The van der Waals surface area contributed by atoms with Gasteiger partial charge in [-0.25, -0.2) is 4.98 Å². The molecule has 0 saturated heterocycles. The number of unbranched alkanes of at least 4 members (excludes halogenated alkanes) is 1. The molecule has 0 bridgehead atoms. The molecule has 1 rings (SSSR count). The minimum Gasteiger partial charge on any atom is -0.354 e. The van der Waals surface area contributed by atoms with E-state index in [9.17, 15) is 9.59 Å². The second-order valence-electron chi connectivity index (χ2n) is 5.11. The summed E-state index contributed by atoms with van der Waals surface area (Å²) in [5.41, 5.74) is 0.711. The first kappa shape index (κ1) is 16.8. The number of amides is 1. The molecule has 5 nitrogen and oxygen atoms in total. The van der Waals surface area contributed by atoms with Crippen molar-refractivity contribution in [2.45, 2.75) is 51.2 Å². The SMILES string of the molecule is Cc1cc(=O)n(C)c(SCCCCC(=O)NC(C)C)n1. The van der Waals surface area contributed by atoms with Crippen LogP contribution in [0.4, 0.5) is 0 Å². The number of hydrogen-bond acceptors (Lipinski definition) is 4. The summed E-state index contributed by atoms with van der Waals surface area (Å²) in [6.45, 7) is 5.73. The molecule has 1 N–H and O–H groups in total. The van der Waals surface area contributed by atoms with Crippen LogP contribution < -0.4 is 10.9 Å². The third-order valence-electron chi connectivity index (χ3n) is 2.70. The Morgan fingerprint density at radius 3 is 2.80 bits per heavy atom. The monoisotopic (exact) mass is 297 g/mol. The van der Waals surface area contributed by atoms with Crippen LogP contribution in [0, 0.1) is 6.92 Å². The first-order chi connectivity index (χ1) is 9.40. The zero-order chi connectivity index (χ0) is 15.1. The number of aryl methyl sites for hydroxylation is 1. The van der Waals surface area contributed by atoms with Crippen LogP contribution in [0.3, 0.4) is 0 Å². The van der Waals surface area contributed by atoms with Crippen molar-refractivity contribution in [3.63, 3.8) is 0 Å². The average Bonchev–Trinajstić information content (AvgIpc) is 2.33. The highest BCUT2D eigenvalue weighted by atomic mass is 32.2. The van der Waals surface area contributed by atoms with Crippen molar-refractivity contribution in [3.8, 4) is 0 Å². The van der Waals surface area contributed by atoms with Gasteiger partial charge in [0.15, 0.2) is 5.16 Å². The highest BCUT2D eigenvalue weighted by Gasteiger charge is 2.05. The van der Waals surface area contributed by atoms with Crippen molar-refractivity contribution >= 4 is 17.7 Å². The number of nitrogens with one attached hydrogen (secondary N) is 1. The van der Waals surface area contributed by atoms with E-state index in [1.54, 1.807) is 23.4 Å². The van der Waals surface area contributed by atoms with Gasteiger partial charge in [-0.05, 0) is 33.6 Å². The number of thioether (sulfide) groups is 1. The van der Waals surface area contributed by atoms with Crippen molar-refractivity contribution in [2.75, 3.05) is 5.75 Å². The van der Waals surface area contributed by atoms with E-state index in [-0.39, 0.29) is 17.5 Å². The maximum absolute atomic E-state index is 11.6. The zero-order valence-corrected chi connectivity index (χ0v) is 13.4. The Morgan fingerprint density at radius 1 is 1.45 bits per heavy atom. The van der Waals surface area contributed by atoms with E-state index in [0.717, 1.165) is 29.4 Å². The van der Waals surface area contributed by atoms with Gasteiger partial charge in [0.2, 0.25) is 5.91 Å². The molecule has 1 aromatic rings. The second kappa shape index (κ2) is 8.09. The molecule has 0 aliphatic heterocycles. The van der Waals surface area contributed by atoms with Crippen LogP contribution in [-0.4, -0.2) is 27.3 Å². The van der Waals surface area contributed by atoms with Crippen LogP contribution in [0.2, 0.25) is 0 Å². The topological polar surface area (TPSA) is 64.0 Å². The number of hydrogen-bond donors (Lipinski definition) is 1. The lowest BCUT2D eigenvalue weighted by Gasteiger charge is -2.08. The minimum absolute atomic E-state index is 0.0312. The van der Waals surface area contributed by atoms with Gasteiger partial charge in [-0.3, -0.25) is 14.2 Å². The van der Waals surface area contributed by atoms with E-state index in [1.807, 2.05) is 20.8 Å². The molecule has 20 heavy (non-hydrogen) atoms. The number of nitrogens with zero attached hydrogens (tertiary/aromatic N) is 2. The fourth-order valence-corrected chi connectivity index (χ4v) is 2.73. The quantitative estimate of drug-likeness (QED) is 0.474. The molecule has 0 radical (unpaired) electrons. The van der Waals surface area contributed by atoms with Crippen LogP contribution in [-0.2, 0) is 11.8 Å². The highest BCUT2D eigenvalue weighted by molar-refractivity contribution is 7.99. The van der Waals surface area contributed by atoms with Gasteiger partial charge >= 0.3 is 0 Å². The number of rotatable bonds is 7. The molecule has 1 heterocycles. The van der Waals surface area contributed by atoms with Gasteiger partial charge < -0.3 is 5.32 Å². The molecular formula is C14H23N3O2S. The largest absolute Gasteiger partial charge is 0.354 e. The van der Waals surface area contributed by atoms with Gasteiger partial charge in [0, 0.05) is 37.0 Å². The molecule has 0 atom stereocenters. The maximum atomic E-state index is 11.6. The molecule has 0 fully saturated rings. The van der Waals surface area contributed by atoms with Crippen molar-refractivity contribution < 1.29 is 4.79 Å². The normalized spacial score (nSPS) is 10.8. The van der Waals surface area contributed by atoms with Gasteiger partial charge in [-0.1, -0.05) is 11.8 Å². The van der Waals surface area contributed by atoms with Crippen LogP contribution >= 0.6 is 11.8 Å². The lowest BCUT2D eigenvalue weighted by molar-refractivity contribution is -0.121. The van der Waals surface area contributed by atoms with Crippen LogP contribution in [0.5, 0.6) is 0 Å². The highest BCUT2D eigenvalue weighted by Crippen LogP contribution is 2.15. The average molecular weight is 297 g/mol. The van der Waals surface area contributed by atoms with E-state index in [0.29, 0.717) is 6.42 Å². The first-order valence-electron chi connectivity index (χ1n) is 6.87. The summed E-state index contributed by atoms with van der Waals surface area (Å²) in [6.07, 6.45) is 2.34. The van der Waals surface area contributed by atoms with Crippen molar-refractivity contribution in [3.05, 3.63) is 22.1 Å². The molecular weight excluding hydrogens is 274 g/mol. The van der Waals surface area contributed by atoms with Crippen molar-refractivity contribution in [2.24, 2.45) is 7.05 Å². The number of carbonyl (C=O) groups excluding carboxylic acids is 1. The van der Waals surface area contributed by atoms with Crippen LogP contribution in [0.1, 0.15) is 38.8 Å². The molecule has 0 saturated carbocycles. The van der Waals surface area contributed by atoms with Crippen molar-refractivity contribution in [1.82, 2.24) is 14.9 Å². The van der Waals surface area contributed by atoms with Gasteiger partial charge in [0.25, 0.3) is 5.56 Å². The number of carbonyl (C=O) groups is 1. The molecule has 112 valence electrons. The maximum Gasteiger partial charge on any atom is 0.254 e. The third kappa shape index (κ3) is 5.77. The number of aromatic nitrogens is 2. The Kier molecular flexibility index (Phi) is 6.78.